The first-order valence-electron chi connectivity index (χ1n) is 14.6. The van der Waals surface area contributed by atoms with Gasteiger partial charge in [0.1, 0.15) is 0 Å². The average molecular weight is 755 g/mol. The molecule has 6 heteroatoms. The maximum Gasteiger partial charge on any atom is 0.500 e. The Bertz CT molecular complexity index is 1990. The fourth-order valence-electron chi connectivity index (χ4n) is 5.28. The van der Waals surface area contributed by atoms with Crippen molar-refractivity contribution in [3.63, 3.8) is 0 Å². The van der Waals surface area contributed by atoms with Gasteiger partial charge in [-0.3, -0.25) is 0 Å². The van der Waals surface area contributed by atoms with Gasteiger partial charge in [-0.15, -0.1) is 42.0 Å². The third-order valence-electron chi connectivity index (χ3n) is 7.49. The van der Waals surface area contributed by atoms with E-state index >= 15 is 0 Å². The molecule has 6 aromatic rings. The summed E-state index contributed by atoms with van der Waals surface area (Å²) < 4.78 is 10.1. The largest absolute Gasteiger partial charge is 0.500 e. The van der Waals surface area contributed by atoms with Gasteiger partial charge in [0, 0.05) is 49.0 Å². The van der Waals surface area contributed by atoms with Crippen LogP contribution in [0, 0.1) is 19.1 Å². The van der Waals surface area contributed by atoms with Gasteiger partial charge >= 0.3 is 6.01 Å². The fraction of sp³-hybridized carbons (Fsp3) is 0.184. The average Bonchev–Trinajstić information content (AvgIpc) is 3.67. The number of furan rings is 1. The first-order chi connectivity index (χ1) is 20.9. The Labute approximate surface area is 272 Å². The van der Waals surface area contributed by atoms with Crippen LogP contribution in [0.1, 0.15) is 56.2 Å². The molecule has 1 radical (unpaired) electrons. The van der Waals surface area contributed by atoms with Crippen LogP contribution in [0.25, 0.3) is 33.3 Å². The van der Waals surface area contributed by atoms with E-state index < -0.39 is 0 Å². The second-order valence-corrected chi connectivity index (χ2v) is 11.3. The second-order valence-electron chi connectivity index (χ2n) is 11.3. The van der Waals surface area contributed by atoms with E-state index in [2.05, 4.69) is 90.8 Å². The molecule has 4 heterocycles. The van der Waals surface area contributed by atoms with Gasteiger partial charge in [-0.05, 0) is 42.1 Å². The number of rotatable bonds is 5. The molecular formula is C38H34IrN4O. The van der Waals surface area contributed by atoms with Gasteiger partial charge in [0.15, 0.2) is 5.69 Å². The van der Waals surface area contributed by atoms with Crippen LogP contribution in [0.4, 0.5) is 11.4 Å². The van der Waals surface area contributed by atoms with Crippen LogP contribution in [0.15, 0.2) is 108 Å². The Morgan fingerprint density at radius 1 is 0.750 bits per heavy atom. The molecule has 44 heavy (non-hydrogen) atoms. The van der Waals surface area contributed by atoms with Crippen LogP contribution in [-0.4, -0.2) is 25.1 Å². The molecule has 0 aliphatic carbocycles. The normalized spacial score (nSPS) is 12.2. The molecule has 1 aliphatic heterocycles. The summed E-state index contributed by atoms with van der Waals surface area (Å²) in [6, 6.07) is 36.4. The molecule has 0 bridgehead atoms. The van der Waals surface area contributed by atoms with Crippen LogP contribution in [0.5, 0.6) is 0 Å². The molecule has 3 aromatic carbocycles. The van der Waals surface area contributed by atoms with Crippen LogP contribution >= 0.6 is 0 Å². The van der Waals surface area contributed by atoms with E-state index in [-0.39, 0.29) is 20.1 Å². The molecule has 5 nitrogen and oxygen atoms in total. The van der Waals surface area contributed by atoms with Crippen LogP contribution in [0.3, 0.4) is 0 Å². The van der Waals surface area contributed by atoms with Crippen LogP contribution in [0.2, 0.25) is 0 Å². The molecule has 7 rings (SSSR count). The van der Waals surface area contributed by atoms with Gasteiger partial charge in [-0.1, -0.05) is 72.6 Å². The standard InChI is InChI=1S/C26H24N3O.C12H10N.Ir/c1-17(2)19-8-5-9-20(18(3)4)24(19)29-15-14-28(16-29)23-12-6-10-21-22-11-7-13-27-26(22)30-25(21)23;1-10-7-8-12(13-9-10)11-5-3-2-4-6-11;/h5-11,13-15,17-18H,1-4H3;2-5,7-9H,1H3;/q+1;-1;. The number of hydrogen-bond donors (Lipinski definition) is 0. The van der Waals surface area contributed by atoms with Gasteiger partial charge < -0.3 is 9.40 Å². The van der Waals surface area contributed by atoms with Crippen molar-refractivity contribution >= 4 is 39.5 Å². The zero-order valence-electron chi connectivity index (χ0n) is 25.5. The predicted octanol–water partition coefficient (Wildman–Crippen LogP) is 9.53. The Morgan fingerprint density at radius 2 is 1.52 bits per heavy atom. The number of hydrogen-bond acceptors (Lipinski definition) is 3. The molecule has 0 unspecified atom stereocenters. The van der Waals surface area contributed by atoms with Crippen molar-refractivity contribution < 1.29 is 33.7 Å². The van der Waals surface area contributed by atoms with E-state index in [1.807, 2.05) is 78.5 Å². The molecule has 0 saturated carbocycles. The minimum absolute atomic E-state index is 0. The summed E-state index contributed by atoms with van der Waals surface area (Å²) in [5.41, 5.74) is 9.28. The number of pyridine rings is 2. The second kappa shape index (κ2) is 13.4. The summed E-state index contributed by atoms with van der Waals surface area (Å²) in [6.07, 6.45) is 7.68. The van der Waals surface area contributed by atoms with Crippen LogP contribution in [-0.2, 0) is 20.1 Å². The molecule has 0 saturated heterocycles. The maximum absolute atomic E-state index is 6.08. The third-order valence-corrected chi connectivity index (χ3v) is 7.49. The first kappa shape index (κ1) is 31.0. The van der Waals surface area contributed by atoms with E-state index in [1.165, 1.54) is 22.4 Å². The summed E-state index contributed by atoms with van der Waals surface area (Å²) in [7, 11) is 0. The predicted molar refractivity (Wildman–Crippen MR) is 172 cm³/mol. The molecule has 0 fully saturated rings. The van der Waals surface area contributed by atoms with Crippen molar-refractivity contribution in [3.8, 4) is 11.3 Å². The number of benzene rings is 3. The number of fused-ring (bicyclic) bond motifs is 3. The third kappa shape index (κ3) is 6.25. The van der Waals surface area contributed by atoms with Crippen molar-refractivity contribution in [2.45, 2.75) is 46.5 Å². The Hall–Kier alpha value is -4.47. The molecule has 0 atom stereocenters. The van der Waals surface area contributed by atoms with Gasteiger partial charge in [-0.25, -0.2) is 4.98 Å². The molecule has 221 valence electrons. The minimum atomic E-state index is 0. The fourth-order valence-corrected chi connectivity index (χ4v) is 5.28. The van der Waals surface area contributed by atoms with E-state index in [4.69, 9.17) is 4.42 Å². The van der Waals surface area contributed by atoms with Crippen molar-refractivity contribution in [2.75, 3.05) is 0 Å². The summed E-state index contributed by atoms with van der Waals surface area (Å²) in [4.78, 5) is 8.68. The van der Waals surface area contributed by atoms with Crippen LogP contribution < -0.4 is 0 Å². The Kier molecular flexibility index (Phi) is 9.46. The zero-order chi connectivity index (χ0) is 29.9. The summed E-state index contributed by atoms with van der Waals surface area (Å²) in [5, 5.41) is 2.04. The smallest absolute Gasteiger partial charge is 0.495 e. The molecule has 0 spiro atoms. The van der Waals surface area contributed by atoms with Gasteiger partial charge in [-0.2, -0.15) is 12.1 Å². The van der Waals surface area contributed by atoms with Crippen molar-refractivity contribution in [3.05, 3.63) is 132 Å². The van der Waals surface area contributed by atoms with Gasteiger partial charge in [0.25, 0.3) is 12.4 Å². The quantitative estimate of drug-likeness (QED) is 0.130. The molecule has 0 amide bonds. The van der Waals surface area contributed by atoms with E-state index in [0.717, 1.165) is 33.3 Å². The molecule has 1 aliphatic rings. The first-order valence-corrected chi connectivity index (χ1v) is 14.6. The number of aryl methyl sites for hydroxylation is 1. The summed E-state index contributed by atoms with van der Waals surface area (Å²) >= 11 is 0. The molecular weight excluding hydrogens is 721 g/mol. The summed E-state index contributed by atoms with van der Waals surface area (Å²) in [5.74, 6) is 0.832. The summed E-state index contributed by atoms with van der Waals surface area (Å²) in [6.45, 7) is 11.0. The van der Waals surface area contributed by atoms with Crippen molar-refractivity contribution in [2.24, 2.45) is 0 Å². The van der Waals surface area contributed by atoms with E-state index in [9.17, 15) is 0 Å². The van der Waals surface area contributed by atoms with Crippen molar-refractivity contribution in [1.29, 1.82) is 0 Å². The van der Waals surface area contributed by atoms with Gasteiger partial charge in [0.05, 0.1) is 5.58 Å². The maximum atomic E-state index is 6.08. The monoisotopic (exact) mass is 755 g/mol. The molecule has 3 aromatic heterocycles. The minimum Gasteiger partial charge on any atom is -0.495 e. The number of para-hydroxylation sites is 1. The zero-order valence-corrected chi connectivity index (χ0v) is 27.9. The number of aromatic nitrogens is 2. The Morgan fingerprint density at radius 3 is 2.20 bits per heavy atom. The van der Waals surface area contributed by atoms with E-state index in [0.29, 0.717) is 17.5 Å². The topological polar surface area (TPSA) is 44.9 Å². The molecule has 0 N–H and O–H groups in total. The SMILES string of the molecule is CC(C)c1cccc(C(C)C)c1[N+]1=C=[N+](c2[c-]ccc3c2oc2ncccc23)C=C1.Cc1ccc(-c2[c-]cccc2)nc1.[Ir]. The number of nitrogens with zero attached hydrogens (tertiary/aromatic N) is 4. The van der Waals surface area contributed by atoms with E-state index in [1.54, 1.807) is 6.20 Å². The Balaban J connectivity index is 0.000000230. The van der Waals surface area contributed by atoms with Crippen molar-refractivity contribution in [1.82, 2.24) is 9.97 Å². The van der Waals surface area contributed by atoms with Gasteiger partial charge in [0.2, 0.25) is 11.4 Å².